The number of benzene rings is 2. The summed E-state index contributed by atoms with van der Waals surface area (Å²) in [5.41, 5.74) is 3.61. The topological polar surface area (TPSA) is 71.3 Å². The van der Waals surface area contributed by atoms with Crippen LogP contribution >= 0.6 is 24.0 Å². The molecule has 2 aromatic carbocycles. The number of furan rings is 1. The van der Waals surface area contributed by atoms with Crippen LogP contribution in [0.15, 0.2) is 70.3 Å². The minimum atomic E-state index is 0. The number of nitrogens with one attached hydrogen (secondary N) is 2. The van der Waals surface area contributed by atoms with Gasteiger partial charge >= 0.3 is 0 Å². The van der Waals surface area contributed by atoms with Gasteiger partial charge in [-0.15, -0.1) is 24.0 Å². The first-order chi connectivity index (χ1) is 15.2. The van der Waals surface area contributed by atoms with E-state index in [4.69, 9.17) is 13.9 Å². The fraction of sp³-hybridized carbons (Fsp3) is 0.292. The van der Waals surface area contributed by atoms with Crippen molar-refractivity contribution in [1.29, 1.82) is 0 Å². The lowest BCUT2D eigenvalue weighted by molar-refractivity contribution is 0.174. The number of fused-ring (bicyclic) bond motifs is 1. The van der Waals surface area contributed by atoms with Crippen LogP contribution in [-0.4, -0.2) is 31.7 Å². The third kappa shape index (κ3) is 6.39. The predicted molar refractivity (Wildman–Crippen MR) is 135 cm³/mol. The summed E-state index contributed by atoms with van der Waals surface area (Å²) in [4.78, 5) is 6.59. The molecule has 2 N–H and O–H groups in total. The van der Waals surface area contributed by atoms with Crippen molar-refractivity contribution in [3.05, 3.63) is 83.3 Å². The lowest BCUT2D eigenvalue weighted by Crippen LogP contribution is -2.36. The maximum absolute atomic E-state index is 5.46. The molecule has 0 aliphatic carbocycles. The second kappa shape index (κ2) is 11.8. The molecule has 0 fully saturated rings. The highest BCUT2D eigenvalue weighted by atomic mass is 127. The zero-order chi connectivity index (χ0) is 21.5. The van der Waals surface area contributed by atoms with Crippen molar-refractivity contribution in [3.8, 4) is 11.5 Å². The van der Waals surface area contributed by atoms with Gasteiger partial charge < -0.3 is 24.5 Å². The zero-order valence-electron chi connectivity index (χ0n) is 18.3. The van der Waals surface area contributed by atoms with E-state index in [0.717, 1.165) is 41.9 Å². The lowest BCUT2D eigenvalue weighted by Gasteiger charge is -2.19. The van der Waals surface area contributed by atoms with Crippen molar-refractivity contribution >= 4 is 29.9 Å². The van der Waals surface area contributed by atoms with Gasteiger partial charge in [-0.25, -0.2) is 0 Å². The van der Waals surface area contributed by atoms with E-state index in [-0.39, 0.29) is 30.8 Å². The molecule has 1 aromatic heterocycles. The smallest absolute Gasteiger partial charge is 0.231 e. The minimum Gasteiger partial charge on any atom is -0.468 e. The van der Waals surface area contributed by atoms with Crippen LogP contribution in [0.1, 0.15) is 22.5 Å². The van der Waals surface area contributed by atoms with E-state index in [1.807, 2.05) is 30.3 Å². The number of halogens is 1. The molecule has 2 heterocycles. The summed E-state index contributed by atoms with van der Waals surface area (Å²) in [6.45, 7) is 3.22. The Hall–Kier alpha value is -2.72. The first-order valence-corrected chi connectivity index (χ1v) is 10.3. The maximum atomic E-state index is 5.46. The van der Waals surface area contributed by atoms with Gasteiger partial charge in [-0.3, -0.25) is 9.89 Å². The first-order valence-electron chi connectivity index (χ1n) is 10.3. The van der Waals surface area contributed by atoms with Crippen LogP contribution in [0.4, 0.5) is 0 Å². The Kier molecular flexibility index (Phi) is 8.81. The number of ether oxygens (including phenoxy) is 2. The molecule has 4 rings (SSSR count). The summed E-state index contributed by atoms with van der Waals surface area (Å²) in [6.07, 6.45) is 1.71. The van der Waals surface area contributed by atoms with Crippen LogP contribution in [0.2, 0.25) is 0 Å². The second-order valence-corrected chi connectivity index (χ2v) is 7.49. The summed E-state index contributed by atoms with van der Waals surface area (Å²) < 4.78 is 16.3. The molecule has 170 valence electrons. The molecule has 0 unspecified atom stereocenters. The SMILES string of the molecule is CN=C(NCc1ccc2c(c1)OCO2)NCc1ccccc1CN(C)Cc1ccco1.I. The highest BCUT2D eigenvalue weighted by Crippen LogP contribution is 2.32. The molecule has 1 aliphatic rings. The standard InChI is InChI=1S/C24H28N4O3.HI/c1-25-24(26-13-18-9-10-22-23(12-18)31-17-30-22)27-14-19-6-3-4-7-20(19)15-28(2)16-21-8-5-11-29-21;/h3-12H,13-17H2,1-2H3,(H2,25,26,27);1H. The Labute approximate surface area is 205 Å². The first kappa shape index (κ1) is 23.9. The molecule has 0 atom stereocenters. The van der Waals surface area contributed by atoms with Crippen LogP contribution < -0.4 is 20.1 Å². The van der Waals surface area contributed by atoms with Crippen LogP contribution in [0.3, 0.4) is 0 Å². The molecule has 0 amide bonds. The van der Waals surface area contributed by atoms with Crippen molar-refractivity contribution in [2.75, 3.05) is 20.9 Å². The number of hydrogen-bond acceptors (Lipinski definition) is 5. The fourth-order valence-electron chi connectivity index (χ4n) is 3.54. The van der Waals surface area contributed by atoms with Crippen molar-refractivity contribution in [1.82, 2.24) is 15.5 Å². The minimum absolute atomic E-state index is 0. The van der Waals surface area contributed by atoms with Gasteiger partial charge in [0.2, 0.25) is 6.79 Å². The third-order valence-electron chi connectivity index (χ3n) is 5.13. The number of nitrogens with zero attached hydrogens (tertiary/aromatic N) is 2. The van der Waals surface area contributed by atoms with Gasteiger partial charge in [0.1, 0.15) is 5.76 Å². The summed E-state index contributed by atoms with van der Waals surface area (Å²) in [6, 6.07) is 18.3. The molecule has 3 aromatic rings. The maximum Gasteiger partial charge on any atom is 0.231 e. The van der Waals surface area contributed by atoms with Crippen LogP contribution in [-0.2, 0) is 26.2 Å². The molecular formula is C24H29IN4O3. The van der Waals surface area contributed by atoms with E-state index in [2.05, 4.69) is 51.8 Å². The van der Waals surface area contributed by atoms with E-state index >= 15 is 0 Å². The molecule has 7 nitrogen and oxygen atoms in total. The largest absolute Gasteiger partial charge is 0.468 e. The number of rotatable bonds is 8. The summed E-state index contributed by atoms with van der Waals surface area (Å²) >= 11 is 0. The van der Waals surface area contributed by atoms with Gasteiger partial charge in [0.25, 0.3) is 0 Å². The van der Waals surface area contributed by atoms with Crippen LogP contribution in [0, 0.1) is 0 Å². The van der Waals surface area contributed by atoms with Crippen LogP contribution in [0.5, 0.6) is 11.5 Å². The predicted octanol–water partition coefficient (Wildman–Crippen LogP) is 4.12. The van der Waals surface area contributed by atoms with E-state index in [0.29, 0.717) is 13.1 Å². The Balaban J connectivity index is 0.00000289. The van der Waals surface area contributed by atoms with Crippen molar-refractivity contribution in [2.24, 2.45) is 4.99 Å². The van der Waals surface area contributed by atoms with Gasteiger partial charge in [-0.2, -0.15) is 0 Å². The van der Waals surface area contributed by atoms with Gasteiger partial charge in [0.15, 0.2) is 17.5 Å². The van der Waals surface area contributed by atoms with Crippen LogP contribution in [0.25, 0.3) is 0 Å². The molecule has 8 heteroatoms. The molecule has 1 aliphatic heterocycles. The quantitative estimate of drug-likeness (QED) is 0.251. The molecule has 0 saturated carbocycles. The zero-order valence-corrected chi connectivity index (χ0v) is 20.7. The molecule has 0 radical (unpaired) electrons. The van der Waals surface area contributed by atoms with Gasteiger partial charge in [0, 0.05) is 26.7 Å². The molecule has 32 heavy (non-hydrogen) atoms. The Morgan fingerprint density at radius 2 is 1.72 bits per heavy atom. The average Bonchev–Trinajstić information content (AvgIpc) is 3.46. The Morgan fingerprint density at radius 1 is 0.938 bits per heavy atom. The number of aliphatic imine (C=N–C) groups is 1. The number of guanidine groups is 1. The van der Waals surface area contributed by atoms with E-state index in [1.165, 1.54) is 11.1 Å². The van der Waals surface area contributed by atoms with E-state index < -0.39 is 0 Å². The van der Waals surface area contributed by atoms with Gasteiger partial charge in [0.05, 0.1) is 12.8 Å². The average molecular weight is 548 g/mol. The Morgan fingerprint density at radius 3 is 2.50 bits per heavy atom. The lowest BCUT2D eigenvalue weighted by atomic mass is 10.1. The summed E-state index contributed by atoms with van der Waals surface area (Å²) in [5.74, 6) is 3.29. The summed E-state index contributed by atoms with van der Waals surface area (Å²) in [5, 5.41) is 6.77. The molecular weight excluding hydrogens is 519 g/mol. The highest BCUT2D eigenvalue weighted by molar-refractivity contribution is 14.0. The van der Waals surface area contributed by atoms with Crippen molar-refractivity contribution < 1.29 is 13.9 Å². The van der Waals surface area contributed by atoms with E-state index in [1.54, 1.807) is 13.3 Å². The Bertz CT molecular complexity index is 1020. The molecule has 0 saturated heterocycles. The fourth-order valence-corrected chi connectivity index (χ4v) is 3.54. The molecule has 0 spiro atoms. The van der Waals surface area contributed by atoms with E-state index in [9.17, 15) is 0 Å². The van der Waals surface area contributed by atoms with Crippen molar-refractivity contribution in [2.45, 2.75) is 26.2 Å². The highest BCUT2D eigenvalue weighted by Gasteiger charge is 2.13. The van der Waals surface area contributed by atoms with Gasteiger partial charge in [-0.05, 0) is 48.0 Å². The van der Waals surface area contributed by atoms with Gasteiger partial charge in [-0.1, -0.05) is 30.3 Å². The normalized spacial score (nSPS) is 12.5. The number of hydrogen-bond donors (Lipinski definition) is 2. The monoisotopic (exact) mass is 548 g/mol. The van der Waals surface area contributed by atoms with Crippen molar-refractivity contribution in [3.63, 3.8) is 0 Å². The molecule has 0 bridgehead atoms. The third-order valence-corrected chi connectivity index (χ3v) is 5.13. The summed E-state index contributed by atoms with van der Waals surface area (Å²) in [7, 11) is 3.87. The second-order valence-electron chi connectivity index (χ2n) is 7.49.